The van der Waals surface area contributed by atoms with Gasteiger partial charge in [0.15, 0.2) is 11.5 Å². The van der Waals surface area contributed by atoms with Crippen molar-refractivity contribution in [2.45, 2.75) is 6.92 Å². The summed E-state index contributed by atoms with van der Waals surface area (Å²) in [7, 11) is 2.86. The molecule has 5 N–H and O–H groups in total. The molecule has 0 fully saturated rings. The van der Waals surface area contributed by atoms with E-state index >= 15 is 0 Å². The zero-order chi connectivity index (χ0) is 24.0. The topological polar surface area (TPSA) is 132 Å². The normalized spacial score (nSPS) is 10.2. The first-order valence-electron chi connectivity index (χ1n) is 9.93. The van der Waals surface area contributed by atoms with Crippen LogP contribution in [-0.2, 0) is 0 Å². The summed E-state index contributed by atoms with van der Waals surface area (Å²) in [6.07, 6.45) is 0. The molecule has 0 aliphatic rings. The van der Waals surface area contributed by atoms with Crippen LogP contribution in [0.5, 0.6) is 11.5 Å². The van der Waals surface area contributed by atoms with Crippen molar-refractivity contribution >= 4 is 34.9 Å². The Bertz CT molecular complexity index is 1190. The number of carbonyl (C=O) groups is 3. The second-order valence-corrected chi connectivity index (χ2v) is 7.05. The molecule has 0 bridgehead atoms. The summed E-state index contributed by atoms with van der Waals surface area (Å²) < 4.78 is 10.4. The predicted molar refractivity (Wildman–Crippen MR) is 126 cm³/mol. The summed E-state index contributed by atoms with van der Waals surface area (Å²) in [5.74, 6) is -0.607. The minimum absolute atomic E-state index is 0.0650. The summed E-state index contributed by atoms with van der Waals surface area (Å²) in [4.78, 5) is 37.2. The van der Waals surface area contributed by atoms with E-state index in [-0.39, 0.29) is 11.3 Å². The molecule has 0 aromatic heterocycles. The van der Waals surface area contributed by atoms with Crippen molar-refractivity contribution in [3.63, 3.8) is 0 Å². The van der Waals surface area contributed by atoms with E-state index in [9.17, 15) is 14.4 Å². The Kier molecular flexibility index (Phi) is 7.14. The molecule has 0 heterocycles. The van der Waals surface area contributed by atoms with E-state index in [0.717, 1.165) is 0 Å². The van der Waals surface area contributed by atoms with Gasteiger partial charge in [0.1, 0.15) is 0 Å². The highest BCUT2D eigenvalue weighted by atomic mass is 16.5. The van der Waals surface area contributed by atoms with Gasteiger partial charge >= 0.3 is 6.03 Å². The lowest BCUT2D eigenvalue weighted by Gasteiger charge is -2.15. The van der Waals surface area contributed by atoms with E-state index in [0.29, 0.717) is 34.0 Å². The quantitative estimate of drug-likeness (QED) is 0.434. The Morgan fingerprint density at radius 3 is 2.03 bits per heavy atom. The average Bonchev–Trinajstić information content (AvgIpc) is 2.80. The number of anilines is 3. The van der Waals surface area contributed by atoms with Crippen molar-refractivity contribution in [3.8, 4) is 11.5 Å². The fraction of sp³-hybridized carbons (Fsp3) is 0.125. The lowest BCUT2D eigenvalue weighted by molar-refractivity contribution is 0.100. The molecular weight excluding hydrogens is 424 g/mol. The van der Waals surface area contributed by atoms with Crippen LogP contribution in [0.1, 0.15) is 26.3 Å². The molecular formula is C24H24N4O5. The van der Waals surface area contributed by atoms with E-state index in [1.54, 1.807) is 49.4 Å². The average molecular weight is 448 g/mol. The SMILES string of the molecule is COc1cc(NC(=O)c2cc(NC(=O)Nc3ccccc3)ccc2C)c(C(N)=O)cc1OC. The van der Waals surface area contributed by atoms with Gasteiger partial charge in [0.2, 0.25) is 0 Å². The Morgan fingerprint density at radius 2 is 1.39 bits per heavy atom. The van der Waals surface area contributed by atoms with Gasteiger partial charge in [0.25, 0.3) is 11.8 Å². The third kappa shape index (κ3) is 5.59. The number of nitrogens with one attached hydrogen (secondary N) is 3. The summed E-state index contributed by atoms with van der Waals surface area (Å²) >= 11 is 0. The highest BCUT2D eigenvalue weighted by Crippen LogP contribution is 2.33. The zero-order valence-electron chi connectivity index (χ0n) is 18.4. The summed E-state index contributed by atoms with van der Waals surface area (Å²) in [6.45, 7) is 1.76. The van der Waals surface area contributed by atoms with Crippen LogP contribution in [0.2, 0.25) is 0 Å². The number of benzene rings is 3. The maximum absolute atomic E-state index is 13.0. The first-order chi connectivity index (χ1) is 15.8. The van der Waals surface area contributed by atoms with Crippen molar-refractivity contribution < 1.29 is 23.9 Å². The molecule has 0 unspecified atom stereocenters. The van der Waals surface area contributed by atoms with Crippen LogP contribution >= 0.6 is 0 Å². The molecule has 170 valence electrons. The van der Waals surface area contributed by atoms with Crippen LogP contribution in [0, 0.1) is 6.92 Å². The number of para-hydroxylation sites is 1. The second kappa shape index (κ2) is 10.2. The number of rotatable bonds is 7. The van der Waals surface area contributed by atoms with E-state index in [2.05, 4.69) is 16.0 Å². The minimum Gasteiger partial charge on any atom is -0.493 e. The van der Waals surface area contributed by atoms with Crippen LogP contribution in [0.25, 0.3) is 0 Å². The fourth-order valence-corrected chi connectivity index (χ4v) is 3.14. The first-order valence-corrected chi connectivity index (χ1v) is 9.93. The highest BCUT2D eigenvalue weighted by molar-refractivity contribution is 6.10. The number of hydrogen-bond donors (Lipinski definition) is 4. The number of amides is 4. The number of primary amides is 1. The molecule has 0 saturated carbocycles. The van der Waals surface area contributed by atoms with Crippen molar-refractivity contribution in [2.75, 3.05) is 30.2 Å². The van der Waals surface area contributed by atoms with E-state index < -0.39 is 17.8 Å². The lowest BCUT2D eigenvalue weighted by Crippen LogP contribution is -2.21. The molecule has 0 aliphatic heterocycles. The van der Waals surface area contributed by atoms with Crippen molar-refractivity contribution in [1.29, 1.82) is 0 Å². The maximum atomic E-state index is 13.0. The number of hydrogen-bond acceptors (Lipinski definition) is 5. The van der Waals surface area contributed by atoms with Gasteiger partial charge in [-0.05, 0) is 42.8 Å². The van der Waals surface area contributed by atoms with E-state index in [1.807, 2.05) is 6.07 Å². The van der Waals surface area contributed by atoms with Gasteiger partial charge < -0.3 is 31.2 Å². The molecule has 3 aromatic carbocycles. The van der Waals surface area contributed by atoms with E-state index in [4.69, 9.17) is 15.2 Å². The third-order valence-electron chi connectivity index (χ3n) is 4.81. The van der Waals surface area contributed by atoms with Gasteiger partial charge in [-0.1, -0.05) is 24.3 Å². The molecule has 33 heavy (non-hydrogen) atoms. The Labute approximate surface area is 190 Å². The largest absolute Gasteiger partial charge is 0.493 e. The smallest absolute Gasteiger partial charge is 0.323 e. The minimum atomic E-state index is -0.740. The number of carbonyl (C=O) groups excluding carboxylic acids is 3. The van der Waals surface area contributed by atoms with Gasteiger partial charge in [-0.15, -0.1) is 0 Å². The molecule has 4 amide bonds. The van der Waals surface area contributed by atoms with Gasteiger partial charge in [0.05, 0.1) is 25.5 Å². The predicted octanol–water partition coefficient (Wildman–Crippen LogP) is 4.01. The van der Waals surface area contributed by atoms with Crippen molar-refractivity contribution in [1.82, 2.24) is 0 Å². The Morgan fingerprint density at radius 1 is 0.758 bits per heavy atom. The van der Waals surface area contributed by atoms with Crippen LogP contribution < -0.4 is 31.2 Å². The molecule has 9 heteroatoms. The van der Waals surface area contributed by atoms with Crippen LogP contribution in [0.15, 0.2) is 60.7 Å². The fourth-order valence-electron chi connectivity index (χ4n) is 3.14. The molecule has 3 aromatic rings. The molecule has 0 spiro atoms. The molecule has 3 rings (SSSR count). The summed E-state index contributed by atoms with van der Waals surface area (Å²) in [5, 5.41) is 8.10. The first kappa shape index (κ1) is 23.1. The highest BCUT2D eigenvalue weighted by Gasteiger charge is 2.19. The van der Waals surface area contributed by atoms with Gasteiger partial charge in [-0.25, -0.2) is 4.79 Å². The second-order valence-electron chi connectivity index (χ2n) is 7.05. The lowest BCUT2D eigenvalue weighted by atomic mass is 10.1. The van der Waals surface area contributed by atoms with Crippen molar-refractivity contribution in [3.05, 3.63) is 77.4 Å². The monoisotopic (exact) mass is 448 g/mol. The van der Waals surface area contributed by atoms with E-state index in [1.165, 1.54) is 26.4 Å². The van der Waals surface area contributed by atoms with Crippen LogP contribution in [0.3, 0.4) is 0 Å². The van der Waals surface area contributed by atoms with Crippen molar-refractivity contribution in [2.24, 2.45) is 5.73 Å². The molecule has 0 atom stereocenters. The maximum Gasteiger partial charge on any atom is 0.323 e. The van der Waals surface area contributed by atoms with Gasteiger partial charge in [0, 0.05) is 23.0 Å². The molecule has 9 nitrogen and oxygen atoms in total. The summed E-state index contributed by atoms with van der Waals surface area (Å²) in [6, 6.07) is 16.3. The number of nitrogens with two attached hydrogens (primary N) is 1. The molecule has 0 radical (unpaired) electrons. The number of aryl methyl sites for hydroxylation is 1. The van der Waals surface area contributed by atoms with Crippen LogP contribution in [-0.4, -0.2) is 32.1 Å². The number of ether oxygens (including phenoxy) is 2. The van der Waals surface area contributed by atoms with Gasteiger partial charge in [-0.2, -0.15) is 0 Å². The summed E-state index contributed by atoms with van der Waals surface area (Å²) in [5.41, 5.74) is 7.73. The number of methoxy groups -OCH3 is 2. The third-order valence-corrected chi connectivity index (χ3v) is 4.81. The number of urea groups is 1. The van der Waals surface area contributed by atoms with Crippen LogP contribution in [0.4, 0.5) is 21.9 Å². The molecule has 0 aliphatic carbocycles. The Hall–Kier alpha value is -4.53. The Balaban J connectivity index is 1.83. The standard InChI is InChI=1S/C24H24N4O5/c1-14-9-10-16(27-24(31)26-15-7-5-4-6-8-15)11-17(14)23(30)28-19-13-21(33-3)20(32-2)12-18(19)22(25)29/h4-13H,1-3H3,(H2,25,29)(H,28,30)(H2,26,27,31). The molecule has 0 saturated heterocycles. The zero-order valence-corrected chi connectivity index (χ0v) is 18.4. The van der Waals surface area contributed by atoms with Gasteiger partial charge in [-0.3, -0.25) is 9.59 Å².